The number of anilines is 2. The van der Waals surface area contributed by atoms with Crippen LogP contribution in [0.3, 0.4) is 0 Å². The Morgan fingerprint density at radius 1 is 1.16 bits per heavy atom. The zero-order chi connectivity index (χ0) is 22.1. The molecule has 2 heterocycles. The zero-order valence-corrected chi connectivity index (χ0v) is 18.2. The minimum absolute atomic E-state index is 0.0210. The molecule has 3 rings (SSSR count). The first-order chi connectivity index (χ1) is 15.0. The van der Waals surface area contributed by atoms with Gasteiger partial charge < -0.3 is 22.1 Å². The fourth-order valence-corrected chi connectivity index (χ4v) is 4.12. The molecule has 0 aliphatic rings. The number of hydrogen-bond donors (Lipinski definition) is 4. The standard InChI is InChI=1S/C19H22N8O2S2/c20-18(21)26-19-24-14(12-31-19)11-30-9-8-22-17-15(27(28)29)6-7-16(25-17)23-10-13-4-2-1-3-5-13/h1-7,12H,8-11H2,(H2,22,23,25)(H4,20,21,24,26). The summed E-state index contributed by atoms with van der Waals surface area (Å²) in [5.41, 5.74) is 12.6. The molecule has 0 aliphatic carbocycles. The van der Waals surface area contributed by atoms with Crippen molar-refractivity contribution in [2.24, 2.45) is 16.5 Å². The molecule has 2 aromatic heterocycles. The van der Waals surface area contributed by atoms with Crippen LogP contribution in [0.15, 0.2) is 52.8 Å². The molecule has 0 bridgehead atoms. The number of aromatic nitrogens is 2. The molecule has 1 aromatic carbocycles. The number of thiazole rings is 1. The number of hydrogen-bond acceptors (Lipinski definition) is 9. The van der Waals surface area contributed by atoms with Crippen LogP contribution in [0.4, 0.5) is 22.5 Å². The van der Waals surface area contributed by atoms with Crippen molar-refractivity contribution in [1.29, 1.82) is 0 Å². The molecule has 6 N–H and O–H groups in total. The predicted octanol–water partition coefficient (Wildman–Crippen LogP) is 3.31. The van der Waals surface area contributed by atoms with Crippen LogP contribution in [-0.2, 0) is 12.3 Å². The first-order valence-electron chi connectivity index (χ1n) is 9.30. The lowest BCUT2D eigenvalue weighted by atomic mass is 10.2. The van der Waals surface area contributed by atoms with Gasteiger partial charge in [-0.05, 0) is 11.6 Å². The molecule has 0 atom stereocenters. The molecule has 10 nitrogen and oxygen atoms in total. The summed E-state index contributed by atoms with van der Waals surface area (Å²) in [7, 11) is 0. The lowest BCUT2D eigenvalue weighted by Crippen LogP contribution is -2.21. The van der Waals surface area contributed by atoms with Gasteiger partial charge in [-0.3, -0.25) is 10.1 Å². The van der Waals surface area contributed by atoms with E-state index in [9.17, 15) is 10.1 Å². The van der Waals surface area contributed by atoms with Gasteiger partial charge >= 0.3 is 5.69 Å². The van der Waals surface area contributed by atoms with Crippen molar-refractivity contribution >= 4 is 51.5 Å². The van der Waals surface area contributed by atoms with Gasteiger partial charge in [0, 0.05) is 36.0 Å². The fraction of sp³-hybridized carbons (Fsp3) is 0.211. The predicted molar refractivity (Wildman–Crippen MR) is 127 cm³/mol. The number of nitrogens with one attached hydrogen (secondary N) is 2. The van der Waals surface area contributed by atoms with Crippen LogP contribution in [0.2, 0.25) is 0 Å². The molecule has 0 saturated carbocycles. The van der Waals surface area contributed by atoms with Gasteiger partial charge in [0.2, 0.25) is 10.9 Å². The van der Waals surface area contributed by atoms with E-state index < -0.39 is 4.92 Å². The summed E-state index contributed by atoms with van der Waals surface area (Å²) < 4.78 is 0. The number of nitrogens with zero attached hydrogens (tertiary/aromatic N) is 4. The second kappa shape index (κ2) is 11.1. The second-order valence-electron chi connectivity index (χ2n) is 6.30. The van der Waals surface area contributed by atoms with Crippen molar-refractivity contribution in [3.63, 3.8) is 0 Å². The highest BCUT2D eigenvalue weighted by atomic mass is 32.2. The van der Waals surface area contributed by atoms with Crippen LogP contribution < -0.4 is 22.1 Å². The number of benzene rings is 1. The van der Waals surface area contributed by atoms with Crippen molar-refractivity contribution in [2.45, 2.75) is 12.3 Å². The molecule has 3 aromatic rings. The van der Waals surface area contributed by atoms with E-state index in [-0.39, 0.29) is 17.5 Å². The topological polar surface area (TPSA) is 157 Å². The van der Waals surface area contributed by atoms with E-state index in [0.717, 1.165) is 17.0 Å². The van der Waals surface area contributed by atoms with Gasteiger partial charge in [-0.2, -0.15) is 16.8 Å². The molecule has 0 amide bonds. The number of pyridine rings is 1. The number of thioether (sulfide) groups is 1. The average Bonchev–Trinajstić information content (AvgIpc) is 3.19. The van der Waals surface area contributed by atoms with Crippen LogP contribution in [0.25, 0.3) is 0 Å². The van der Waals surface area contributed by atoms with Gasteiger partial charge in [0.1, 0.15) is 5.82 Å². The maximum Gasteiger partial charge on any atom is 0.311 e. The summed E-state index contributed by atoms with van der Waals surface area (Å²) >= 11 is 3.01. The van der Waals surface area contributed by atoms with E-state index in [4.69, 9.17) is 11.5 Å². The monoisotopic (exact) mass is 458 g/mol. The van der Waals surface area contributed by atoms with Gasteiger partial charge in [0.25, 0.3) is 0 Å². The third kappa shape index (κ3) is 7.12. The average molecular weight is 459 g/mol. The van der Waals surface area contributed by atoms with E-state index >= 15 is 0 Å². The SMILES string of the molecule is NC(N)=Nc1nc(CSCCNc2nc(NCc3ccccc3)ccc2[N+](=O)[O-])cs1. The van der Waals surface area contributed by atoms with Crippen LogP contribution in [0.5, 0.6) is 0 Å². The highest BCUT2D eigenvalue weighted by molar-refractivity contribution is 7.98. The Bertz CT molecular complexity index is 1040. The lowest BCUT2D eigenvalue weighted by Gasteiger charge is -2.10. The quantitative estimate of drug-likeness (QED) is 0.111. The number of aliphatic imine (C=N–C) groups is 1. The van der Waals surface area contributed by atoms with Gasteiger partial charge in [0.15, 0.2) is 5.96 Å². The molecule has 0 radical (unpaired) electrons. The molecular weight excluding hydrogens is 436 g/mol. The molecule has 31 heavy (non-hydrogen) atoms. The van der Waals surface area contributed by atoms with E-state index in [1.807, 2.05) is 35.7 Å². The summed E-state index contributed by atoms with van der Waals surface area (Å²) in [5, 5.41) is 20.0. The molecule has 0 spiro atoms. The van der Waals surface area contributed by atoms with Crippen molar-refractivity contribution in [2.75, 3.05) is 22.9 Å². The first kappa shape index (κ1) is 22.3. The Balaban J connectivity index is 1.51. The highest BCUT2D eigenvalue weighted by Gasteiger charge is 2.15. The number of guanidine groups is 1. The summed E-state index contributed by atoms with van der Waals surface area (Å²) in [6, 6.07) is 12.9. The Kier molecular flexibility index (Phi) is 8.01. The van der Waals surface area contributed by atoms with Crippen LogP contribution in [0.1, 0.15) is 11.3 Å². The van der Waals surface area contributed by atoms with Gasteiger partial charge in [-0.25, -0.2) is 9.97 Å². The highest BCUT2D eigenvalue weighted by Crippen LogP contribution is 2.25. The van der Waals surface area contributed by atoms with Crippen molar-refractivity contribution in [3.8, 4) is 0 Å². The Morgan fingerprint density at radius 3 is 2.71 bits per heavy atom. The Hall–Kier alpha value is -3.38. The van der Waals surface area contributed by atoms with Crippen molar-refractivity contribution in [3.05, 3.63) is 69.2 Å². The third-order valence-corrected chi connectivity index (χ3v) is 5.72. The molecule has 12 heteroatoms. The van der Waals surface area contributed by atoms with Gasteiger partial charge in [-0.15, -0.1) is 11.3 Å². The zero-order valence-electron chi connectivity index (χ0n) is 16.5. The van der Waals surface area contributed by atoms with Crippen molar-refractivity contribution < 1.29 is 4.92 Å². The second-order valence-corrected chi connectivity index (χ2v) is 8.24. The Morgan fingerprint density at radius 2 is 1.97 bits per heavy atom. The largest absolute Gasteiger partial charge is 0.370 e. The number of rotatable bonds is 11. The van der Waals surface area contributed by atoms with E-state index in [0.29, 0.717) is 29.8 Å². The normalized spacial score (nSPS) is 10.5. The minimum atomic E-state index is -0.441. The summed E-state index contributed by atoms with van der Waals surface area (Å²) in [6.45, 7) is 1.10. The molecular formula is C19H22N8O2S2. The molecule has 162 valence electrons. The molecule has 0 unspecified atom stereocenters. The third-order valence-electron chi connectivity index (χ3n) is 3.94. The Labute approximate surface area is 187 Å². The van der Waals surface area contributed by atoms with E-state index in [1.165, 1.54) is 17.4 Å². The smallest absolute Gasteiger partial charge is 0.311 e. The van der Waals surface area contributed by atoms with Crippen LogP contribution >= 0.6 is 23.1 Å². The van der Waals surface area contributed by atoms with Crippen molar-refractivity contribution in [1.82, 2.24) is 9.97 Å². The lowest BCUT2D eigenvalue weighted by molar-refractivity contribution is -0.384. The van der Waals surface area contributed by atoms with Gasteiger partial charge in [-0.1, -0.05) is 30.3 Å². The summed E-state index contributed by atoms with van der Waals surface area (Å²) in [5.74, 6) is 2.20. The molecule has 0 saturated heterocycles. The minimum Gasteiger partial charge on any atom is -0.370 e. The van der Waals surface area contributed by atoms with Crippen LogP contribution in [0, 0.1) is 10.1 Å². The number of nitrogens with two attached hydrogens (primary N) is 2. The number of nitro groups is 1. The summed E-state index contributed by atoms with van der Waals surface area (Å²) in [4.78, 5) is 23.5. The molecule has 0 fully saturated rings. The first-order valence-corrected chi connectivity index (χ1v) is 11.3. The maximum absolute atomic E-state index is 11.3. The maximum atomic E-state index is 11.3. The fourth-order valence-electron chi connectivity index (χ4n) is 2.56. The summed E-state index contributed by atoms with van der Waals surface area (Å²) in [6.07, 6.45) is 0. The van der Waals surface area contributed by atoms with Crippen LogP contribution in [-0.4, -0.2) is 33.1 Å². The van der Waals surface area contributed by atoms with E-state index in [2.05, 4.69) is 25.6 Å². The molecule has 0 aliphatic heterocycles. The van der Waals surface area contributed by atoms with E-state index in [1.54, 1.807) is 17.8 Å². The van der Waals surface area contributed by atoms with Gasteiger partial charge in [0.05, 0.1) is 10.6 Å².